The summed E-state index contributed by atoms with van der Waals surface area (Å²) in [5, 5.41) is 0. The number of hydrogen-bond acceptors (Lipinski definition) is 4. The van der Waals surface area contributed by atoms with Gasteiger partial charge in [-0.15, -0.1) is 0 Å². The van der Waals surface area contributed by atoms with E-state index in [9.17, 15) is 9.59 Å². The fraction of sp³-hybridized carbons (Fsp3) is 0.875. The number of carbonyl (C=O) groups excluding carboxylic acids is 2. The molecule has 0 unspecified atom stereocenters. The van der Waals surface area contributed by atoms with Crippen LogP contribution in [-0.4, -0.2) is 95.9 Å². The van der Waals surface area contributed by atoms with Crippen molar-refractivity contribution < 1.29 is 9.59 Å². The van der Waals surface area contributed by atoms with Crippen LogP contribution in [-0.2, 0) is 9.59 Å². The fourth-order valence-electron chi connectivity index (χ4n) is 4.08. The van der Waals surface area contributed by atoms with E-state index in [4.69, 9.17) is 0 Å². The van der Waals surface area contributed by atoms with Gasteiger partial charge in [-0.3, -0.25) is 19.4 Å². The summed E-state index contributed by atoms with van der Waals surface area (Å²) in [5.74, 6) is 0. The zero-order chi connectivity index (χ0) is 16.3. The van der Waals surface area contributed by atoms with Crippen LogP contribution in [0, 0.1) is 0 Å². The highest BCUT2D eigenvalue weighted by Crippen LogP contribution is 2.18. The van der Waals surface area contributed by atoms with Gasteiger partial charge in [-0.05, 0) is 27.7 Å². The van der Waals surface area contributed by atoms with Crippen molar-refractivity contribution in [1.29, 1.82) is 0 Å². The van der Waals surface area contributed by atoms with Gasteiger partial charge >= 0.3 is 0 Å². The highest BCUT2D eigenvalue weighted by molar-refractivity contribution is 5.48. The molecule has 2 saturated heterocycles. The molecule has 6 nitrogen and oxygen atoms in total. The molecule has 6 heteroatoms. The Balaban J connectivity index is 1.89. The molecule has 2 aliphatic rings. The third kappa shape index (κ3) is 3.79. The third-order valence-electron chi connectivity index (χ3n) is 5.17. The Bertz CT molecular complexity index is 332. The molecule has 0 spiro atoms. The molecule has 0 aliphatic carbocycles. The van der Waals surface area contributed by atoms with Gasteiger partial charge in [-0.1, -0.05) is 0 Å². The van der Waals surface area contributed by atoms with Crippen molar-refractivity contribution in [1.82, 2.24) is 19.6 Å². The average Bonchev–Trinajstić information content (AvgIpc) is 2.47. The Hall–Kier alpha value is -1.14. The summed E-state index contributed by atoms with van der Waals surface area (Å²) in [6.07, 6.45) is 1.93. The van der Waals surface area contributed by atoms with Crippen LogP contribution in [0.4, 0.5) is 0 Å². The number of amides is 2. The summed E-state index contributed by atoms with van der Waals surface area (Å²) < 4.78 is 0. The van der Waals surface area contributed by atoms with Crippen LogP contribution in [0.1, 0.15) is 27.7 Å². The van der Waals surface area contributed by atoms with Gasteiger partial charge in [0.15, 0.2) is 0 Å². The molecule has 0 N–H and O–H groups in total. The maximum absolute atomic E-state index is 11.0. The third-order valence-corrected chi connectivity index (χ3v) is 5.17. The first-order valence-corrected chi connectivity index (χ1v) is 8.36. The van der Waals surface area contributed by atoms with E-state index in [1.54, 1.807) is 0 Å². The Morgan fingerprint density at radius 2 is 0.955 bits per heavy atom. The van der Waals surface area contributed by atoms with E-state index in [1.807, 2.05) is 9.80 Å². The lowest BCUT2D eigenvalue weighted by molar-refractivity contribution is -0.124. The van der Waals surface area contributed by atoms with Gasteiger partial charge in [0.1, 0.15) is 0 Å². The normalized spacial score (nSPS) is 34.7. The van der Waals surface area contributed by atoms with E-state index < -0.39 is 0 Å². The SMILES string of the molecule is C[C@@H]1CN(C=O)C[C@@H](C)N1CCN1[C@H](C)CN(C=O)C[C@@H]1C. The predicted octanol–water partition coefficient (Wildman–Crippen LogP) is 0.0884. The number of piperazine rings is 2. The minimum atomic E-state index is 0.399. The highest BCUT2D eigenvalue weighted by atomic mass is 16.1. The summed E-state index contributed by atoms with van der Waals surface area (Å²) in [4.78, 5) is 30.7. The molecule has 2 rings (SSSR count). The molecule has 2 fully saturated rings. The van der Waals surface area contributed by atoms with Gasteiger partial charge in [0.25, 0.3) is 0 Å². The van der Waals surface area contributed by atoms with Crippen LogP contribution < -0.4 is 0 Å². The van der Waals surface area contributed by atoms with Crippen molar-refractivity contribution in [3.05, 3.63) is 0 Å². The second kappa shape index (κ2) is 7.42. The van der Waals surface area contributed by atoms with E-state index in [-0.39, 0.29) is 0 Å². The molecule has 0 bridgehead atoms. The molecule has 0 saturated carbocycles. The largest absolute Gasteiger partial charge is 0.342 e. The Morgan fingerprint density at radius 3 is 1.18 bits per heavy atom. The molecule has 22 heavy (non-hydrogen) atoms. The molecule has 0 radical (unpaired) electrons. The van der Waals surface area contributed by atoms with E-state index >= 15 is 0 Å². The second-order valence-corrected chi connectivity index (χ2v) is 6.99. The predicted molar refractivity (Wildman–Crippen MR) is 86.5 cm³/mol. The second-order valence-electron chi connectivity index (χ2n) is 6.99. The maximum Gasteiger partial charge on any atom is 0.209 e. The quantitative estimate of drug-likeness (QED) is 0.675. The van der Waals surface area contributed by atoms with E-state index in [0.717, 1.165) is 52.1 Å². The highest BCUT2D eigenvalue weighted by Gasteiger charge is 2.32. The van der Waals surface area contributed by atoms with Gasteiger partial charge in [0, 0.05) is 63.4 Å². The summed E-state index contributed by atoms with van der Waals surface area (Å²) in [5.41, 5.74) is 0. The molecule has 4 atom stereocenters. The van der Waals surface area contributed by atoms with E-state index in [2.05, 4.69) is 37.5 Å². The van der Waals surface area contributed by atoms with Crippen molar-refractivity contribution in [3.8, 4) is 0 Å². The zero-order valence-corrected chi connectivity index (χ0v) is 14.3. The zero-order valence-electron chi connectivity index (χ0n) is 14.3. The standard InChI is InChI=1S/C16H30N4O2/c1-13-7-17(11-21)8-14(2)19(13)5-6-20-15(3)9-18(12-22)10-16(20)4/h11-16H,5-10H2,1-4H3/t13-,14-,15-,16+/m1/s1. The Kier molecular flexibility index (Phi) is 5.81. The van der Waals surface area contributed by atoms with Gasteiger partial charge in [0.2, 0.25) is 12.8 Å². The molecule has 2 heterocycles. The smallest absolute Gasteiger partial charge is 0.209 e. The lowest BCUT2D eigenvalue weighted by Crippen LogP contribution is -2.61. The first-order valence-electron chi connectivity index (χ1n) is 8.36. The maximum atomic E-state index is 11.0. The Labute approximate surface area is 134 Å². The van der Waals surface area contributed by atoms with Crippen LogP contribution in [0.25, 0.3) is 0 Å². The van der Waals surface area contributed by atoms with Crippen LogP contribution in [0.2, 0.25) is 0 Å². The molecule has 0 aromatic heterocycles. The lowest BCUT2D eigenvalue weighted by atomic mass is 10.1. The van der Waals surface area contributed by atoms with Crippen molar-refractivity contribution in [2.75, 3.05) is 39.3 Å². The van der Waals surface area contributed by atoms with Crippen LogP contribution in [0.3, 0.4) is 0 Å². The Morgan fingerprint density at radius 1 is 0.682 bits per heavy atom. The summed E-state index contributed by atoms with van der Waals surface area (Å²) >= 11 is 0. The number of hydrogen-bond donors (Lipinski definition) is 0. The van der Waals surface area contributed by atoms with E-state index in [1.165, 1.54) is 0 Å². The minimum Gasteiger partial charge on any atom is -0.342 e. The van der Waals surface area contributed by atoms with Crippen LogP contribution in [0.15, 0.2) is 0 Å². The van der Waals surface area contributed by atoms with Crippen LogP contribution >= 0.6 is 0 Å². The van der Waals surface area contributed by atoms with Gasteiger partial charge in [-0.25, -0.2) is 0 Å². The molecule has 126 valence electrons. The monoisotopic (exact) mass is 310 g/mol. The molecule has 2 amide bonds. The molecular weight excluding hydrogens is 280 g/mol. The summed E-state index contributed by atoms with van der Waals surface area (Å²) in [6, 6.07) is 1.60. The van der Waals surface area contributed by atoms with E-state index in [0.29, 0.717) is 24.2 Å². The van der Waals surface area contributed by atoms with Gasteiger partial charge in [-0.2, -0.15) is 0 Å². The minimum absolute atomic E-state index is 0.399. The molecule has 0 aromatic carbocycles. The summed E-state index contributed by atoms with van der Waals surface area (Å²) in [6.45, 7) is 14.1. The number of nitrogens with zero attached hydrogens (tertiary/aromatic N) is 4. The lowest BCUT2D eigenvalue weighted by Gasteiger charge is -2.47. The topological polar surface area (TPSA) is 47.1 Å². The number of carbonyl (C=O) groups is 2. The molecule has 2 aliphatic heterocycles. The van der Waals surface area contributed by atoms with Crippen molar-refractivity contribution in [2.45, 2.75) is 51.9 Å². The number of rotatable bonds is 5. The van der Waals surface area contributed by atoms with Gasteiger partial charge < -0.3 is 9.80 Å². The van der Waals surface area contributed by atoms with Gasteiger partial charge in [0.05, 0.1) is 0 Å². The fourth-order valence-corrected chi connectivity index (χ4v) is 4.08. The van der Waals surface area contributed by atoms with Crippen LogP contribution in [0.5, 0.6) is 0 Å². The first-order chi connectivity index (χ1) is 10.5. The van der Waals surface area contributed by atoms with Crippen molar-refractivity contribution >= 4 is 12.8 Å². The summed E-state index contributed by atoms with van der Waals surface area (Å²) in [7, 11) is 0. The average molecular weight is 310 g/mol. The molecule has 0 aromatic rings. The van der Waals surface area contributed by atoms with Crippen molar-refractivity contribution in [3.63, 3.8) is 0 Å². The van der Waals surface area contributed by atoms with Crippen molar-refractivity contribution in [2.24, 2.45) is 0 Å². The first kappa shape index (κ1) is 17.2. The molecular formula is C16H30N4O2.